The van der Waals surface area contributed by atoms with E-state index in [0.717, 1.165) is 19.3 Å². The molecule has 3 nitrogen and oxygen atoms in total. The van der Waals surface area contributed by atoms with Crippen LogP contribution < -0.4 is 5.73 Å². The van der Waals surface area contributed by atoms with Crippen molar-refractivity contribution in [1.82, 2.24) is 0 Å². The molecule has 0 amide bonds. The van der Waals surface area contributed by atoms with Gasteiger partial charge in [-0.15, -0.1) is 0 Å². The summed E-state index contributed by atoms with van der Waals surface area (Å²) in [6, 6.07) is 0.105. The molecule has 0 aromatic heterocycles. The Labute approximate surface area is 72.9 Å². The second-order valence-electron chi connectivity index (χ2n) is 3.69. The van der Waals surface area contributed by atoms with Crippen LogP contribution in [0.1, 0.15) is 32.6 Å². The van der Waals surface area contributed by atoms with Crippen LogP contribution in [0.2, 0.25) is 0 Å². The lowest BCUT2D eigenvalue weighted by Crippen LogP contribution is -2.37. The molecule has 1 aliphatic rings. The van der Waals surface area contributed by atoms with Gasteiger partial charge < -0.3 is 10.8 Å². The van der Waals surface area contributed by atoms with Crippen LogP contribution in [0.5, 0.6) is 0 Å². The first kappa shape index (κ1) is 9.52. The Hall–Kier alpha value is -0.570. The monoisotopic (exact) mass is 171 g/mol. The zero-order valence-corrected chi connectivity index (χ0v) is 7.49. The number of aliphatic carboxylic acids is 1. The summed E-state index contributed by atoms with van der Waals surface area (Å²) < 4.78 is 0. The third kappa shape index (κ3) is 1.97. The van der Waals surface area contributed by atoms with Gasteiger partial charge in [0.25, 0.3) is 0 Å². The summed E-state index contributed by atoms with van der Waals surface area (Å²) in [6.45, 7) is 2.05. The van der Waals surface area contributed by atoms with Crippen molar-refractivity contribution in [3.8, 4) is 0 Å². The highest BCUT2D eigenvalue weighted by Gasteiger charge is 2.32. The molecule has 0 saturated heterocycles. The maximum atomic E-state index is 10.8. The van der Waals surface area contributed by atoms with Gasteiger partial charge in [0.15, 0.2) is 0 Å². The highest BCUT2D eigenvalue weighted by atomic mass is 16.4. The normalized spacial score (nSPS) is 36.3. The first-order valence-electron chi connectivity index (χ1n) is 4.63. The van der Waals surface area contributed by atoms with Crippen LogP contribution >= 0.6 is 0 Å². The standard InChI is InChI=1S/C9H17NO2/c1-2-6-3-4-7(10)5-8(6)9(11)12/h6-8H,2-5,10H2,1H3,(H,11,12). The van der Waals surface area contributed by atoms with E-state index in [9.17, 15) is 4.79 Å². The molecule has 70 valence electrons. The average Bonchev–Trinajstić information content (AvgIpc) is 2.04. The SMILES string of the molecule is CCC1CCC(N)CC1C(=O)O. The molecule has 3 N–H and O–H groups in total. The molecule has 0 spiro atoms. The first-order valence-corrected chi connectivity index (χ1v) is 4.63. The summed E-state index contributed by atoms with van der Waals surface area (Å²) in [5, 5.41) is 8.90. The van der Waals surface area contributed by atoms with Gasteiger partial charge in [0.1, 0.15) is 0 Å². The minimum Gasteiger partial charge on any atom is -0.481 e. The lowest BCUT2D eigenvalue weighted by atomic mass is 9.76. The van der Waals surface area contributed by atoms with E-state index < -0.39 is 5.97 Å². The highest BCUT2D eigenvalue weighted by Crippen LogP contribution is 2.31. The number of hydrogen-bond acceptors (Lipinski definition) is 2. The molecular formula is C9H17NO2. The lowest BCUT2D eigenvalue weighted by molar-refractivity contribution is -0.145. The molecular weight excluding hydrogens is 154 g/mol. The second-order valence-corrected chi connectivity index (χ2v) is 3.69. The number of carboxylic acid groups (broad SMARTS) is 1. The Morgan fingerprint density at radius 2 is 2.25 bits per heavy atom. The maximum absolute atomic E-state index is 10.8. The molecule has 12 heavy (non-hydrogen) atoms. The van der Waals surface area contributed by atoms with Crippen molar-refractivity contribution in [1.29, 1.82) is 0 Å². The third-order valence-corrected chi connectivity index (χ3v) is 2.88. The Bertz CT molecular complexity index is 170. The van der Waals surface area contributed by atoms with Crippen LogP contribution in [0, 0.1) is 11.8 Å². The average molecular weight is 171 g/mol. The van der Waals surface area contributed by atoms with E-state index in [0.29, 0.717) is 12.3 Å². The van der Waals surface area contributed by atoms with E-state index in [4.69, 9.17) is 10.8 Å². The van der Waals surface area contributed by atoms with Gasteiger partial charge in [-0.3, -0.25) is 4.79 Å². The summed E-state index contributed by atoms with van der Waals surface area (Å²) >= 11 is 0. The molecule has 1 saturated carbocycles. The molecule has 1 aliphatic carbocycles. The van der Waals surface area contributed by atoms with E-state index in [2.05, 4.69) is 6.92 Å². The molecule has 0 radical (unpaired) electrons. The van der Waals surface area contributed by atoms with Crippen molar-refractivity contribution in [3.05, 3.63) is 0 Å². The Morgan fingerprint density at radius 1 is 1.58 bits per heavy atom. The Morgan fingerprint density at radius 3 is 2.75 bits per heavy atom. The smallest absolute Gasteiger partial charge is 0.306 e. The number of rotatable bonds is 2. The molecule has 0 aromatic carbocycles. The fourth-order valence-electron chi connectivity index (χ4n) is 2.06. The summed E-state index contributed by atoms with van der Waals surface area (Å²) in [6.07, 6.45) is 3.59. The molecule has 3 atom stereocenters. The Kier molecular flexibility index (Phi) is 3.09. The third-order valence-electron chi connectivity index (χ3n) is 2.88. The molecule has 1 rings (SSSR count). The summed E-state index contributed by atoms with van der Waals surface area (Å²) in [4.78, 5) is 10.8. The molecule has 3 heteroatoms. The highest BCUT2D eigenvalue weighted by molar-refractivity contribution is 5.70. The number of nitrogens with two attached hydrogens (primary N) is 1. The van der Waals surface area contributed by atoms with Gasteiger partial charge in [-0.25, -0.2) is 0 Å². The molecule has 0 aliphatic heterocycles. The minimum atomic E-state index is -0.669. The zero-order chi connectivity index (χ0) is 9.14. The maximum Gasteiger partial charge on any atom is 0.306 e. The van der Waals surface area contributed by atoms with Gasteiger partial charge in [0, 0.05) is 6.04 Å². The number of carboxylic acids is 1. The number of hydrogen-bond donors (Lipinski definition) is 2. The van der Waals surface area contributed by atoms with E-state index in [-0.39, 0.29) is 12.0 Å². The number of carbonyl (C=O) groups is 1. The minimum absolute atomic E-state index is 0.105. The topological polar surface area (TPSA) is 63.3 Å². The quantitative estimate of drug-likeness (QED) is 0.656. The van der Waals surface area contributed by atoms with Gasteiger partial charge in [-0.1, -0.05) is 13.3 Å². The molecule has 0 bridgehead atoms. The van der Waals surface area contributed by atoms with Crippen LogP contribution in [-0.4, -0.2) is 17.1 Å². The fourth-order valence-corrected chi connectivity index (χ4v) is 2.06. The van der Waals surface area contributed by atoms with Crippen molar-refractivity contribution >= 4 is 5.97 Å². The Balaban J connectivity index is 2.58. The summed E-state index contributed by atoms with van der Waals surface area (Å²) in [7, 11) is 0. The van der Waals surface area contributed by atoms with Gasteiger partial charge in [-0.2, -0.15) is 0 Å². The first-order chi connectivity index (χ1) is 5.65. The van der Waals surface area contributed by atoms with Crippen LogP contribution in [0.3, 0.4) is 0 Å². The van der Waals surface area contributed by atoms with Crippen LogP contribution in [0.4, 0.5) is 0 Å². The van der Waals surface area contributed by atoms with Gasteiger partial charge in [0.2, 0.25) is 0 Å². The van der Waals surface area contributed by atoms with Crippen LogP contribution in [0.15, 0.2) is 0 Å². The second kappa shape index (κ2) is 3.90. The zero-order valence-electron chi connectivity index (χ0n) is 7.49. The van der Waals surface area contributed by atoms with Gasteiger partial charge in [0.05, 0.1) is 5.92 Å². The fraction of sp³-hybridized carbons (Fsp3) is 0.889. The predicted molar refractivity (Wildman–Crippen MR) is 46.7 cm³/mol. The molecule has 0 heterocycles. The summed E-state index contributed by atoms with van der Waals surface area (Å²) in [5.74, 6) is -0.516. The van der Waals surface area contributed by atoms with Crippen LogP contribution in [-0.2, 0) is 4.79 Å². The van der Waals surface area contributed by atoms with E-state index in [1.165, 1.54) is 0 Å². The van der Waals surface area contributed by atoms with E-state index >= 15 is 0 Å². The van der Waals surface area contributed by atoms with E-state index in [1.807, 2.05) is 0 Å². The van der Waals surface area contributed by atoms with Crippen molar-refractivity contribution < 1.29 is 9.90 Å². The van der Waals surface area contributed by atoms with E-state index in [1.54, 1.807) is 0 Å². The van der Waals surface area contributed by atoms with Gasteiger partial charge in [-0.05, 0) is 25.2 Å². The van der Waals surface area contributed by atoms with Crippen molar-refractivity contribution in [2.75, 3.05) is 0 Å². The molecule has 1 fully saturated rings. The molecule has 3 unspecified atom stereocenters. The van der Waals surface area contributed by atoms with Gasteiger partial charge >= 0.3 is 5.97 Å². The lowest BCUT2D eigenvalue weighted by Gasteiger charge is -2.31. The van der Waals surface area contributed by atoms with Crippen molar-refractivity contribution in [3.63, 3.8) is 0 Å². The predicted octanol–water partition coefficient (Wildman–Crippen LogP) is 1.22. The summed E-state index contributed by atoms with van der Waals surface area (Å²) in [5.41, 5.74) is 5.72. The van der Waals surface area contributed by atoms with Crippen molar-refractivity contribution in [2.24, 2.45) is 17.6 Å². The largest absolute Gasteiger partial charge is 0.481 e. The van der Waals surface area contributed by atoms with Crippen LogP contribution in [0.25, 0.3) is 0 Å². The van der Waals surface area contributed by atoms with Crippen molar-refractivity contribution in [2.45, 2.75) is 38.6 Å². The molecule has 0 aromatic rings.